The van der Waals surface area contributed by atoms with Crippen LogP contribution in [-0.2, 0) is 4.74 Å². The quantitative estimate of drug-likeness (QED) is 0.638. The lowest BCUT2D eigenvalue weighted by molar-refractivity contribution is -0.0999. The molecule has 19 heavy (non-hydrogen) atoms. The second-order valence-corrected chi connectivity index (χ2v) is 5.13. The van der Waals surface area contributed by atoms with Gasteiger partial charge in [0.05, 0.1) is 11.6 Å². The van der Waals surface area contributed by atoms with Crippen molar-refractivity contribution in [2.24, 2.45) is 5.84 Å². The van der Waals surface area contributed by atoms with E-state index >= 15 is 0 Å². The van der Waals surface area contributed by atoms with E-state index in [1.54, 1.807) is 7.11 Å². The van der Waals surface area contributed by atoms with Crippen LogP contribution in [0.4, 0.5) is 0 Å². The Balaban J connectivity index is 1.91. The molecule has 0 bridgehead atoms. The number of hydrogen-bond acceptors (Lipinski definition) is 5. The molecular weight excluding hydrogens is 244 g/mol. The summed E-state index contributed by atoms with van der Waals surface area (Å²) in [5.74, 6) is 7.33. The molecule has 104 valence electrons. The summed E-state index contributed by atoms with van der Waals surface area (Å²) in [5.41, 5.74) is 3.78. The lowest BCUT2D eigenvalue weighted by Crippen LogP contribution is -2.52. The molecule has 1 atom stereocenters. The first kappa shape index (κ1) is 12.7. The van der Waals surface area contributed by atoms with Crippen molar-refractivity contribution < 1.29 is 14.2 Å². The third-order valence-electron chi connectivity index (χ3n) is 4.20. The third-order valence-corrected chi connectivity index (χ3v) is 4.20. The molecule has 1 aliphatic carbocycles. The normalized spacial score (nSPS) is 21.6. The number of benzene rings is 1. The summed E-state index contributed by atoms with van der Waals surface area (Å²) in [6, 6.07) is 5.94. The zero-order valence-corrected chi connectivity index (χ0v) is 11.1. The van der Waals surface area contributed by atoms with Gasteiger partial charge in [0, 0.05) is 7.11 Å². The van der Waals surface area contributed by atoms with Crippen LogP contribution in [0.15, 0.2) is 18.2 Å². The molecule has 2 aliphatic rings. The number of hydrogen-bond donors (Lipinski definition) is 2. The van der Waals surface area contributed by atoms with Crippen LogP contribution in [0.5, 0.6) is 11.5 Å². The van der Waals surface area contributed by atoms with Crippen LogP contribution >= 0.6 is 0 Å². The van der Waals surface area contributed by atoms with Crippen molar-refractivity contribution >= 4 is 0 Å². The molecule has 1 aromatic rings. The van der Waals surface area contributed by atoms with Crippen molar-refractivity contribution in [2.75, 3.05) is 20.3 Å². The van der Waals surface area contributed by atoms with Crippen molar-refractivity contribution in [1.29, 1.82) is 0 Å². The Hall–Kier alpha value is -1.30. The van der Waals surface area contributed by atoms with Gasteiger partial charge in [-0.2, -0.15) is 0 Å². The second kappa shape index (κ2) is 5.00. The van der Waals surface area contributed by atoms with Gasteiger partial charge in [0.2, 0.25) is 0 Å². The van der Waals surface area contributed by atoms with Crippen LogP contribution in [0.3, 0.4) is 0 Å². The van der Waals surface area contributed by atoms with Gasteiger partial charge >= 0.3 is 0 Å². The number of fused-ring (bicyclic) bond motifs is 1. The smallest absolute Gasteiger partial charge is 0.161 e. The molecular formula is C14H20N2O3. The number of rotatable bonds is 4. The third kappa shape index (κ3) is 2.08. The number of nitrogens with one attached hydrogen (secondary N) is 1. The van der Waals surface area contributed by atoms with Crippen molar-refractivity contribution in [3.05, 3.63) is 23.8 Å². The first-order valence-corrected chi connectivity index (χ1v) is 6.70. The molecule has 0 amide bonds. The number of hydrazine groups is 1. The summed E-state index contributed by atoms with van der Waals surface area (Å²) in [6.07, 6.45) is 3.22. The van der Waals surface area contributed by atoms with Crippen LogP contribution < -0.4 is 20.7 Å². The lowest BCUT2D eigenvalue weighted by Gasteiger charge is -2.46. The van der Waals surface area contributed by atoms with E-state index in [4.69, 9.17) is 20.1 Å². The topological polar surface area (TPSA) is 65.7 Å². The van der Waals surface area contributed by atoms with Crippen LogP contribution in [0, 0.1) is 0 Å². The highest BCUT2D eigenvalue weighted by molar-refractivity contribution is 5.45. The van der Waals surface area contributed by atoms with Crippen molar-refractivity contribution in [3.63, 3.8) is 0 Å². The van der Waals surface area contributed by atoms with Gasteiger partial charge in [0.15, 0.2) is 11.5 Å². The molecule has 0 radical (unpaired) electrons. The molecule has 5 heteroatoms. The second-order valence-electron chi connectivity index (χ2n) is 5.13. The van der Waals surface area contributed by atoms with Crippen LogP contribution in [0.2, 0.25) is 0 Å². The fraction of sp³-hybridized carbons (Fsp3) is 0.571. The highest BCUT2D eigenvalue weighted by Gasteiger charge is 2.45. The van der Waals surface area contributed by atoms with Crippen molar-refractivity contribution in [1.82, 2.24) is 5.43 Å². The Labute approximate surface area is 113 Å². The van der Waals surface area contributed by atoms with E-state index in [1.807, 2.05) is 18.2 Å². The first-order chi connectivity index (χ1) is 9.29. The molecule has 1 fully saturated rings. The molecule has 1 saturated carbocycles. The fourth-order valence-corrected chi connectivity index (χ4v) is 2.93. The van der Waals surface area contributed by atoms with Gasteiger partial charge in [-0.1, -0.05) is 6.07 Å². The van der Waals surface area contributed by atoms with E-state index in [0.29, 0.717) is 13.2 Å². The molecule has 1 unspecified atom stereocenters. The molecule has 5 nitrogen and oxygen atoms in total. The number of nitrogens with two attached hydrogens (primary N) is 1. The maximum absolute atomic E-state index is 5.75. The van der Waals surface area contributed by atoms with E-state index in [9.17, 15) is 0 Å². The molecule has 3 N–H and O–H groups in total. The predicted octanol–water partition coefficient (Wildman–Crippen LogP) is 1.53. The highest BCUT2D eigenvalue weighted by Crippen LogP contribution is 2.45. The Morgan fingerprint density at radius 1 is 1.26 bits per heavy atom. The minimum Gasteiger partial charge on any atom is -0.486 e. The average Bonchev–Trinajstić information content (AvgIpc) is 2.42. The van der Waals surface area contributed by atoms with Gasteiger partial charge in [0.25, 0.3) is 0 Å². The van der Waals surface area contributed by atoms with E-state index in [1.165, 1.54) is 6.42 Å². The molecule has 3 rings (SSSR count). The molecule has 0 saturated heterocycles. The van der Waals surface area contributed by atoms with E-state index in [2.05, 4.69) is 5.43 Å². The van der Waals surface area contributed by atoms with E-state index in [0.717, 1.165) is 29.9 Å². The highest BCUT2D eigenvalue weighted by atomic mass is 16.6. The van der Waals surface area contributed by atoms with Crippen LogP contribution in [-0.4, -0.2) is 25.9 Å². The Morgan fingerprint density at radius 2 is 2.00 bits per heavy atom. The van der Waals surface area contributed by atoms with Gasteiger partial charge in [-0.3, -0.25) is 11.3 Å². The molecule has 1 heterocycles. The fourth-order valence-electron chi connectivity index (χ4n) is 2.93. The van der Waals surface area contributed by atoms with Gasteiger partial charge in [-0.15, -0.1) is 0 Å². The van der Waals surface area contributed by atoms with Gasteiger partial charge in [0.1, 0.15) is 13.2 Å². The Morgan fingerprint density at radius 3 is 2.58 bits per heavy atom. The zero-order chi connectivity index (χ0) is 13.3. The number of methoxy groups -OCH3 is 1. The summed E-state index contributed by atoms with van der Waals surface area (Å²) in [6.45, 7) is 1.19. The minimum absolute atomic E-state index is 0.0259. The van der Waals surface area contributed by atoms with Crippen LogP contribution in [0.1, 0.15) is 30.9 Å². The van der Waals surface area contributed by atoms with Crippen molar-refractivity contribution in [3.8, 4) is 11.5 Å². The Bertz CT molecular complexity index is 454. The van der Waals surface area contributed by atoms with Gasteiger partial charge in [-0.25, -0.2) is 0 Å². The summed E-state index contributed by atoms with van der Waals surface area (Å²) in [5, 5.41) is 0. The summed E-state index contributed by atoms with van der Waals surface area (Å²) >= 11 is 0. The first-order valence-electron chi connectivity index (χ1n) is 6.70. The largest absolute Gasteiger partial charge is 0.486 e. The van der Waals surface area contributed by atoms with Gasteiger partial charge in [-0.05, 0) is 37.0 Å². The van der Waals surface area contributed by atoms with Crippen LogP contribution in [0.25, 0.3) is 0 Å². The van der Waals surface area contributed by atoms with E-state index < -0.39 is 0 Å². The SMILES string of the molecule is COC1(C(NN)c2ccc3c(c2)OCCO3)CCC1. The maximum Gasteiger partial charge on any atom is 0.161 e. The standard InChI is InChI=1S/C14H20N2O3/c1-17-14(5-2-6-14)13(16-15)10-3-4-11-12(9-10)19-8-7-18-11/h3-4,9,13,16H,2,5-8,15H2,1H3. The molecule has 0 spiro atoms. The lowest BCUT2D eigenvalue weighted by atomic mass is 9.72. The van der Waals surface area contributed by atoms with E-state index in [-0.39, 0.29) is 11.6 Å². The van der Waals surface area contributed by atoms with Gasteiger partial charge < -0.3 is 14.2 Å². The summed E-state index contributed by atoms with van der Waals surface area (Å²) in [4.78, 5) is 0. The minimum atomic E-state index is -0.196. The molecule has 0 aromatic heterocycles. The monoisotopic (exact) mass is 264 g/mol. The predicted molar refractivity (Wildman–Crippen MR) is 71.1 cm³/mol. The van der Waals surface area contributed by atoms with Crippen molar-refractivity contribution in [2.45, 2.75) is 30.9 Å². The average molecular weight is 264 g/mol. The molecule has 1 aliphatic heterocycles. The Kier molecular flexibility index (Phi) is 3.35. The zero-order valence-electron chi connectivity index (χ0n) is 11.1. The maximum atomic E-state index is 5.75. The molecule has 1 aromatic carbocycles. The summed E-state index contributed by atoms with van der Waals surface area (Å²) in [7, 11) is 1.75. The number of ether oxygens (including phenoxy) is 3. The summed E-state index contributed by atoms with van der Waals surface area (Å²) < 4.78 is 16.9.